The molecule has 0 aliphatic carbocycles. The molecule has 6 heteroatoms. The smallest absolute Gasteiger partial charge is 0.321 e. The predicted octanol–water partition coefficient (Wildman–Crippen LogP) is 3.54. The average Bonchev–Trinajstić information content (AvgIpc) is 2.77. The van der Waals surface area contributed by atoms with Gasteiger partial charge in [0.1, 0.15) is 0 Å². The van der Waals surface area contributed by atoms with Crippen LogP contribution in [0, 0.1) is 5.92 Å². The van der Waals surface area contributed by atoms with E-state index in [4.69, 9.17) is 0 Å². The second-order valence-corrected chi connectivity index (χ2v) is 5.72. The van der Waals surface area contributed by atoms with E-state index in [0.717, 1.165) is 18.5 Å². The van der Waals surface area contributed by atoms with Crippen LogP contribution < -0.4 is 5.32 Å². The molecule has 0 bridgehead atoms. The number of nitrogens with one attached hydrogen (secondary N) is 1. The summed E-state index contributed by atoms with van der Waals surface area (Å²) in [6.45, 7) is 7.16. The SMILES string of the molecule is CCC(C)CC(C)n1c(C(F)(F)F)nc2c1CCNC2. The van der Waals surface area contributed by atoms with E-state index >= 15 is 0 Å². The molecule has 0 spiro atoms. The topological polar surface area (TPSA) is 29.9 Å². The summed E-state index contributed by atoms with van der Waals surface area (Å²) in [6.07, 6.45) is -2.05. The van der Waals surface area contributed by atoms with Crippen molar-refractivity contribution in [2.24, 2.45) is 5.92 Å². The van der Waals surface area contributed by atoms with Crippen molar-refractivity contribution in [3.05, 3.63) is 17.2 Å². The van der Waals surface area contributed by atoms with Crippen molar-refractivity contribution in [3.63, 3.8) is 0 Å². The first-order valence-corrected chi connectivity index (χ1v) is 7.22. The average molecular weight is 289 g/mol. The zero-order valence-electron chi connectivity index (χ0n) is 12.2. The van der Waals surface area contributed by atoms with Gasteiger partial charge in [-0.3, -0.25) is 0 Å². The molecule has 0 radical (unpaired) electrons. The van der Waals surface area contributed by atoms with Crippen LogP contribution in [0.2, 0.25) is 0 Å². The molecule has 2 rings (SSSR count). The minimum atomic E-state index is -4.39. The van der Waals surface area contributed by atoms with Crippen molar-refractivity contribution in [3.8, 4) is 0 Å². The maximum Gasteiger partial charge on any atom is 0.449 e. The van der Waals surface area contributed by atoms with Gasteiger partial charge in [-0.05, 0) is 19.3 Å². The third-order valence-corrected chi connectivity index (χ3v) is 4.06. The molecule has 20 heavy (non-hydrogen) atoms. The fourth-order valence-electron chi connectivity index (χ4n) is 2.86. The van der Waals surface area contributed by atoms with Crippen molar-refractivity contribution in [1.29, 1.82) is 0 Å². The Hall–Kier alpha value is -1.04. The third kappa shape index (κ3) is 3.00. The van der Waals surface area contributed by atoms with Gasteiger partial charge in [-0.25, -0.2) is 4.98 Å². The molecule has 2 heterocycles. The third-order valence-electron chi connectivity index (χ3n) is 4.06. The first kappa shape index (κ1) is 15.4. The fourth-order valence-corrected chi connectivity index (χ4v) is 2.86. The van der Waals surface area contributed by atoms with E-state index in [1.165, 1.54) is 4.57 Å². The van der Waals surface area contributed by atoms with Crippen LogP contribution >= 0.6 is 0 Å². The van der Waals surface area contributed by atoms with Crippen LogP contribution in [-0.2, 0) is 19.1 Å². The maximum atomic E-state index is 13.2. The zero-order chi connectivity index (χ0) is 14.9. The summed E-state index contributed by atoms with van der Waals surface area (Å²) in [4.78, 5) is 3.85. The summed E-state index contributed by atoms with van der Waals surface area (Å²) in [5.74, 6) is -0.326. The highest BCUT2D eigenvalue weighted by atomic mass is 19.4. The largest absolute Gasteiger partial charge is 0.449 e. The first-order valence-electron chi connectivity index (χ1n) is 7.22. The number of fused-ring (bicyclic) bond motifs is 1. The minimum Gasteiger partial charge on any atom is -0.321 e. The standard InChI is InChI=1S/C14H22F3N3/c1-4-9(2)7-10(3)20-12-5-6-18-8-11(12)19-13(20)14(15,16)17/h9-10,18H,4-8H2,1-3H3. The first-order chi connectivity index (χ1) is 9.34. The van der Waals surface area contributed by atoms with E-state index in [2.05, 4.69) is 24.1 Å². The molecule has 1 N–H and O–H groups in total. The molecule has 3 nitrogen and oxygen atoms in total. The summed E-state index contributed by atoms with van der Waals surface area (Å²) >= 11 is 0. The van der Waals surface area contributed by atoms with Crippen molar-refractivity contribution in [2.45, 2.75) is 58.8 Å². The second kappa shape index (κ2) is 5.76. The molecule has 0 aromatic carbocycles. The fraction of sp³-hybridized carbons (Fsp3) is 0.786. The number of hydrogen-bond acceptors (Lipinski definition) is 2. The summed E-state index contributed by atoms with van der Waals surface area (Å²) < 4.78 is 41.1. The molecule has 2 unspecified atom stereocenters. The molecule has 2 atom stereocenters. The van der Waals surface area contributed by atoms with E-state index in [1.807, 2.05) is 6.92 Å². The Balaban J connectivity index is 2.40. The molecule has 1 aromatic heterocycles. The van der Waals surface area contributed by atoms with Crippen LogP contribution in [0.25, 0.3) is 0 Å². The minimum absolute atomic E-state index is 0.170. The maximum absolute atomic E-state index is 13.2. The monoisotopic (exact) mass is 289 g/mol. The van der Waals surface area contributed by atoms with Crippen LogP contribution in [0.5, 0.6) is 0 Å². The number of hydrogen-bond donors (Lipinski definition) is 1. The molecule has 1 aliphatic rings. The quantitative estimate of drug-likeness (QED) is 0.918. The number of aromatic nitrogens is 2. The van der Waals surface area contributed by atoms with Gasteiger partial charge in [-0.1, -0.05) is 20.3 Å². The Kier molecular flexibility index (Phi) is 4.42. The van der Waals surface area contributed by atoms with Gasteiger partial charge in [0.25, 0.3) is 0 Å². The summed E-state index contributed by atoms with van der Waals surface area (Å²) in [6, 6.07) is -0.170. The normalized spacial score (nSPS) is 18.7. The number of imidazole rings is 1. The highest BCUT2D eigenvalue weighted by molar-refractivity contribution is 5.22. The van der Waals surface area contributed by atoms with Gasteiger partial charge in [0.2, 0.25) is 5.82 Å². The lowest BCUT2D eigenvalue weighted by Gasteiger charge is -2.24. The Bertz CT molecular complexity index is 465. The summed E-state index contributed by atoms with van der Waals surface area (Å²) in [5.41, 5.74) is 1.31. The van der Waals surface area contributed by atoms with Gasteiger partial charge in [-0.2, -0.15) is 13.2 Å². The molecule has 0 fully saturated rings. The molecule has 0 amide bonds. The zero-order valence-corrected chi connectivity index (χ0v) is 12.2. The molecular formula is C14H22F3N3. The Morgan fingerprint density at radius 2 is 2.05 bits per heavy atom. The van der Waals surface area contributed by atoms with E-state index in [0.29, 0.717) is 31.1 Å². The van der Waals surface area contributed by atoms with Gasteiger partial charge in [0, 0.05) is 31.2 Å². The van der Waals surface area contributed by atoms with E-state index < -0.39 is 12.0 Å². The van der Waals surface area contributed by atoms with Crippen molar-refractivity contribution in [2.75, 3.05) is 6.54 Å². The Morgan fingerprint density at radius 1 is 1.35 bits per heavy atom. The lowest BCUT2D eigenvalue weighted by molar-refractivity contribution is -0.148. The number of rotatable bonds is 4. The van der Waals surface area contributed by atoms with Gasteiger partial charge in [0.15, 0.2) is 0 Å². The van der Waals surface area contributed by atoms with Crippen LogP contribution in [-0.4, -0.2) is 16.1 Å². The highest BCUT2D eigenvalue weighted by Crippen LogP contribution is 2.35. The van der Waals surface area contributed by atoms with Gasteiger partial charge < -0.3 is 9.88 Å². The van der Waals surface area contributed by atoms with Crippen LogP contribution in [0.4, 0.5) is 13.2 Å². The van der Waals surface area contributed by atoms with Crippen molar-refractivity contribution >= 4 is 0 Å². The summed E-state index contributed by atoms with van der Waals surface area (Å²) in [5, 5.41) is 3.08. The number of alkyl halides is 3. The molecule has 1 aliphatic heterocycles. The molecule has 0 saturated heterocycles. The van der Waals surface area contributed by atoms with Gasteiger partial charge in [0.05, 0.1) is 5.69 Å². The van der Waals surface area contributed by atoms with Crippen LogP contribution in [0.3, 0.4) is 0 Å². The lowest BCUT2D eigenvalue weighted by atomic mass is 9.99. The van der Waals surface area contributed by atoms with Gasteiger partial charge >= 0.3 is 6.18 Å². The lowest BCUT2D eigenvalue weighted by Crippen LogP contribution is -2.26. The van der Waals surface area contributed by atoms with E-state index in [-0.39, 0.29) is 6.04 Å². The predicted molar refractivity (Wildman–Crippen MR) is 71.4 cm³/mol. The molecule has 0 saturated carbocycles. The van der Waals surface area contributed by atoms with E-state index in [1.54, 1.807) is 0 Å². The Morgan fingerprint density at radius 3 is 2.65 bits per heavy atom. The van der Waals surface area contributed by atoms with E-state index in [9.17, 15) is 13.2 Å². The highest BCUT2D eigenvalue weighted by Gasteiger charge is 2.40. The molecule has 1 aromatic rings. The second-order valence-electron chi connectivity index (χ2n) is 5.72. The summed E-state index contributed by atoms with van der Waals surface area (Å²) in [7, 11) is 0. The van der Waals surface area contributed by atoms with Crippen molar-refractivity contribution in [1.82, 2.24) is 14.9 Å². The number of nitrogens with zero attached hydrogens (tertiary/aromatic N) is 2. The van der Waals surface area contributed by atoms with Gasteiger partial charge in [-0.15, -0.1) is 0 Å². The van der Waals surface area contributed by atoms with Crippen molar-refractivity contribution < 1.29 is 13.2 Å². The molecular weight excluding hydrogens is 267 g/mol. The molecule has 114 valence electrons. The Labute approximate surface area is 117 Å². The van der Waals surface area contributed by atoms with Crippen LogP contribution in [0.15, 0.2) is 0 Å². The number of halogens is 3. The van der Waals surface area contributed by atoms with Crippen LogP contribution in [0.1, 0.15) is 56.9 Å².